The third kappa shape index (κ3) is 3.96. The first kappa shape index (κ1) is 15.8. The van der Waals surface area contributed by atoms with Crippen LogP contribution in [0.15, 0.2) is 29.4 Å². The van der Waals surface area contributed by atoms with Gasteiger partial charge in [0.1, 0.15) is 4.90 Å². The number of pyridine rings is 1. The van der Waals surface area contributed by atoms with E-state index < -0.39 is 26.8 Å². The Labute approximate surface area is 124 Å². The van der Waals surface area contributed by atoms with Crippen molar-refractivity contribution in [3.8, 4) is 0 Å². The van der Waals surface area contributed by atoms with Crippen molar-refractivity contribution in [2.45, 2.75) is 4.90 Å². The van der Waals surface area contributed by atoms with Gasteiger partial charge in [0.25, 0.3) is 0 Å². The molecule has 1 aliphatic rings. The van der Waals surface area contributed by atoms with E-state index in [1.165, 1.54) is 28.8 Å². The van der Waals surface area contributed by atoms with Crippen LogP contribution in [0.5, 0.6) is 0 Å². The van der Waals surface area contributed by atoms with Crippen molar-refractivity contribution in [2.75, 3.05) is 24.6 Å². The maximum atomic E-state index is 12.4. The molecule has 0 radical (unpaired) electrons. The van der Waals surface area contributed by atoms with E-state index in [0.717, 1.165) is 6.08 Å². The van der Waals surface area contributed by atoms with Crippen molar-refractivity contribution in [3.05, 3.63) is 30.1 Å². The molecule has 0 spiro atoms. The van der Waals surface area contributed by atoms with Crippen LogP contribution in [0, 0.1) is 0 Å². The first-order valence-electron chi connectivity index (χ1n) is 6.11. The molecule has 0 amide bonds. The molecule has 0 unspecified atom stereocenters. The van der Waals surface area contributed by atoms with Gasteiger partial charge < -0.3 is 5.11 Å². The summed E-state index contributed by atoms with van der Waals surface area (Å²) in [4.78, 5) is 14.3. The van der Waals surface area contributed by atoms with E-state index in [1.807, 2.05) is 0 Å². The van der Waals surface area contributed by atoms with E-state index in [2.05, 4.69) is 4.98 Å². The van der Waals surface area contributed by atoms with Crippen LogP contribution < -0.4 is 0 Å². The molecule has 0 aromatic carbocycles. The summed E-state index contributed by atoms with van der Waals surface area (Å²) in [6.07, 6.45) is 4.79. The van der Waals surface area contributed by atoms with Crippen LogP contribution in [0.2, 0.25) is 0 Å². The molecular formula is C12H14N2O5S2. The van der Waals surface area contributed by atoms with Crippen LogP contribution in [-0.2, 0) is 25.6 Å². The van der Waals surface area contributed by atoms with E-state index in [0.29, 0.717) is 17.1 Å². The first-order chi connectivity index (χ1) is 9.89. The quantitative estimate of drug-likeness (QED) is 0.775. The topological polar surface area (TPSA) is 105 Å². The fourth-order valence-corrected chi connectivity index (χ4v) is 4.57. The normalized spacial score (nSPS) is 18.1. The molecule has 1 aromatic heterocycles. The van der Waals surface area contributed by atoms with E-state index in [1.54, 1.807) is 0 Å². The molecule has 1 N–H and O–H groups in total. The predicted molar refractivity (Wildman–Crippen MR) is 77.5 cm³/mol. The third-order valence-electron chi connectivity index (χ3n) is 2.93. The summed E-state index contributed by atoms with van der Waals surface area (Å²) in [5, 5.41) is 8.57. The molecule has 114 valence electrons. The summed E-state index contributed by atoms with van der Waals surface area (Å²) in [5.41, 5.74) is 0.388. The zero-order chi connectivity index (χ0) is 15.5. The summed E-state index contributed by atoms with van der Waals surface area (Å²) >= 11 is 0. The fourth-order valence-electron chi connectivity index (χ4n) is 1.85. The fraction of sp³-hybridized carbons (Fsp3) is 0.333. The summed E-state index contributed by atoms with van der Waals surface area (Å²) in [6, 6.07) is 1.37. The molecule has 1 fully saturated rings. The van der Waals surface area contributed by atoms with Crippen molar-refractivity contribution in [1.82, 2.24) is 9.29 Å². The average Bonchev–Trinajstić information content (AvgIpc) is 2.46. The Hall–Kier alpha value is -1.58. The lowest BCUT2D eigenvalue weighted by molar-refractivity contribution is -0.131. The molecule has 7 nitrogen and oxygen atoms in total. The van der Waals surface area contributed by atoms with Crippen LogP contribution in [-0.4, -0.2) is 57.6 Å². The Bertz CT molecular complexity index is 689. The van der Waals surface area contributed by atoms with E-state index in [-0.39, 0.29) is 18.0 Å². The minimum atomic E-state index is -3.69. The highest BCUT2D eigenvalue weighted by molar-refractivity contribution is 7.89. The lowest BCUT2D eigenvalue weighted by Gasteiger charge is -2.25. The summed E-state index contributed by atoms with van der Waals surface area (Å²) in [5.74, 6) is -0.474. The molecule has 1 aromatic rings. The highest BCUT2D eigenvalue weighted by atomic mass is 32.2. The van der Waals surface area contributed by atoms with Crippen LogP contribution >= 0.6 is 0 Å². The molecule has 0 atom stereocenters. The van der Waals surface area contributed by atoms with Crippen molar-refractivity contribution >= 4 is 32.9 Å². The van der Waals surface area contributed by atoms with E-state index in [9.17, 15) is 17.4 Å². The second-order valence-corrected chi connectivity index (χ2v) is 8.01. The Morgan fingerprint density at radius 3 is 2.62 bits per heavy atom. The number of hydrogen-bond acceptors (Lipinski definition) is 5. The van der Waals surface area contributed by atoms with E-state index >= 15 is 0 Å². The number of nitrogens with zero attached hydrogens (tertiary/aromatic N) is 2. The largest absolute Gasteiger partial charge is 0.478 e. The number of aromatic nitrogens is 1. The molecule has 9 heteroatoms. The minimum Gasteiger partial charge on any atom is -0.478 e. The monoisotopic (exact) mass is 330 g/mol. The Morgan fingerprint density at radius 2 is 2.00 bits per heavy atom. The van der Waals surface area contributed by atoms with Gasteiger partial charge in [-0.25, -0.2) is 13.2 Å². The molecule has 1 saturated heterocycles. The second-order valence-electron chi connectivity index (χ2n) is 4.38. The summed E-state index contributed by atoms with van der Waals surface area (Å²) in [6.45, 7) is 0.425. The highest BCUT2D eigenvalue weighted by Gasteiger charge is 2.28. The van der Waals surface area contributed by atoms with Gasteiger partial charge in [-0.1, -0.05) is 0 Å². The van der Waals surface area contributed by atoms with Crippen LogP contribution in [0.25, 0.3) is 6.08 Å². The molecule has 21 heavy (non-hydrogen) atoms. The molecule has 0 bridgehead atoms. The SMILES string of the molecule is O=C(O)C=Cc1cncc(S(=O)(=O)N2CCS(=O)CC2)c1. The van der Waals surface area contributed by atoms with Gasteiger partial charge in [0.05, 0.1) is 0 Å². The Kier molecular flexibility index (Phi) is 4.86. The average molecular weight is 330 g/mol. The lowest BCUT2D eigenvalue weighted by atomic mass is 10.2. The van der Waals surface area contributed by atoms with E-state index in [4.69, 9.17) is 5.11 Å². The van der Waals surface area contributed by atoms with Crippen molar-refractivity contribution in [3.63, 3.8) is 0 Å². The van der Waals surface area contributed by atoms with Crippen molar-refractivity contribution in [1.29, 1.82) is 0 Å². The first-order valence-corrected chi connectivity index (χ1v) is 9.03. The minimum absolute atomic E-state index is 0.00252. The van der Waals surface area contributed by atoms with Crippen LogP contribution in [0.3, 0.4) is 0 Å². The smallest absolute Gasteiger partial charge is 0.328 e. The summed E-state index contributed by atoms with van der Waals surface area (Å²) < 4.78 is 37.4. The van der Waals surface area contributed by atoms with Gasteiger partial charge in [0.2, 0.25) is 10.0 Å². The van der Waals surface area contributed by atoms with Gasteiger partial charge in [-0.05, 0) is 17.7 Å². The molecule has 1 aliphatic heterocycles. The zero-order valence-corrected chi connectivity index (χ0v) is 12.6. The number of rotatable bonds is 4. The van der Waals surface area contributed by atoms with Crippen molar-refractivity contribution in [2.24, 2.45) is 0 Å². The molecule has 2 rings (SSSR count). The lowest BCUT2D eigenvalue weighted by Crippen LogP contribution is -2.41. The number of carbonyl (C=O) groups is 1. The second kappa shape index (κ2) is 6.46. The Balaban J connectivity index is 2.26. The van der Waals surface area contributed by atoms with Crippen LogP contribution in [0.1, 0.15) is 5.56 Å². The molecular weight excluding hydrogens is 316 g/mol. The summed E-state index contributed by atoms with van der Waals surface area (Å²) in [7, 11) is -4.65. The number of sulfonamides is 1. The number of hydrogen-bond donors (Lipinski definition) is 1. The Morgan fingerprint density at radius 1 is 1.33 bits per heavy atom. The van der Waals surface area contributed by atoms with Gasteiger partial charge in [-0.3, -0.25) is 9.19 Å². The van der Waals surface area contributed by atoms with Crippen molar-refractivity contribution < 1.29 is 22.5 Å². The van der Waals surface area contributed by atoms with Crippen LogP contribution in [0.4, 0.5) is 0 Å². The molecule has 0 saturated carbocycles. The number of aliphatic carboxylic acids is 1. The standard InChI is InChI=1S/C12H14N2O5S2/c15-12(16)2-1-10-7-11(9-13-8-10)21(18,19)14-3-5-20(17)6-4-14/h1-2,7-9H,3-6H2,(H,15,16). The van der Waals surface area contributed by atoms with Gasteiger partial charge in [0.15, 0.2) is 0 Å². The third-order valence-corrected chi connectivity index (χ3v) is 6.07. The molecule has 0 aliphatic carbocycles. The predicted octanol–water partition coefficient (Wildman–Crippen LogP) is -0.0676. The van der Waals surface area contributed by atoms with Gasteiger partial charge >= 0.3 is 5.97 Å². The molecule has 2 heterocycles. The number of carboxylic acid groups (broad SMARTS) is 1. The highest BCUT2D eigenvalue weighted by Crippen LogP contribution is 2.18. The van der Waals surface area contributed by atoms with Gasteiger partial charge in [-0.2, -0.15) is 4.31 Å². The van der Waals surface area contributed by atoms with Gasteiger partial charge in [-0.15, -0.1) is 0 Å². The maximum Gasteiger partial charge on any atom is 0.328 e. The maximum absolute atomic E-state index is 12.4. The van der Waals surface area contributed by atoms with Gasteiger partial charge in [0, 0.05) is 53.9 Å². The zero-order valence-electron chi connectivity index (χ0n) is 11.0. The number of carboxylic acids is 1.